The fourth-order valence-electron chi connectivity index (χ4n) is 1.30. The summed E-state index contributed by atoms with van der Waals surface area (Å²) in [6, 6.07) is 0.0621. The zero-order valence-electron chi connectivity index (χ0n) is 9.44. The molecule has 7 heteroatoms. The second-order valence-electron chi connectivity index (χ2n) is 3.38. The molecule has 0 aromatic carbocycles. The Morgan fingerprint density at radius 2 is 2.24 bits per heavy atom. The molecular formula is C10H12ClN5S. The molecule has 0 amide bonds. The Morgan fingerprint density at radius 3 is 2.88 bits per heavy atom. The highest BCUT2D eigenvalue weighted by Crippen LogP contribution is 2.25. The van der Waals surface area contributed by atoms with E-state index in [-0.39, 0.29) is 6.04 Å². The van der Waals surface area contributed by atoms with Gasteiger partial charge in [-0.1, -0.05) is 11.6 Å². The van der Waals surface area contributed by atoms with E-state index in [9.17, 15) is 0 Å². The minimum absolute atomic E-state index is 0.0621. The average Bonchev–Trinajstić information content (AvgIpc) is 2.85. The van der Waals surface area contributed by atoms with Gasteiger partial charge in [0.1, 0.15) is 10.0 Å². The van der Waals surface area contributed by atoms with Crippen molar-refractivity contribution in [3.8, 4) is 0 Å². The Labute approximate surface area is 108 Å². The predicted octanol–water partition coefficient (Wildman–Crippen LogP) is 2.80. The maximum atomic E-state index is 6.03. The Bertz CT molecular complexity index is 487. The molecule has 2 N–H and O–H groups in total. The number of hydrogen-bond acceptors (Lipinski definition) is 6. The summed E-state index contributed by atoms with van der Waals surface area (Å²) in [6.45, 7) is 2.01. The number of thiazole rings is 1. The first kappa shape index (κ1) is 12.1. The van der Waals surface area contributed by atoms with Crippen molar-refractivity contribution in [2.45, 2.75) is 13.0 Å². The molecule has 1 unspecified atom stereocenters. The fourth-order valence-corrected chi connectivity index (χ4v) is 2.10. The van der Waals surface area contributed by atoms with Crippen LogP contribution in [-0.2, 0) is 0 Å². The van der Waals surface area contributed by atoms with Gasteiger partial charge in [0.05, 0.1) is 12.2 Å². The zero-order valence-corrected chi connectivity index (χ0v) is 11.0. The largest absolute Gasteiger partial charge is 0.360 e. The van der Waals surface area contributed by atoms with Gasteiger partial charge in [0.2, 0.25) is 5.95 Å². The van der Waals surface area contributed by atoms with Crippen molar-refractivity contribution < 1.29 is 0 Å². The van der Waals surface area contributed by atoms with Crippen molar-refractivity contribution in [2.24, 2.45) is 0 Å². The second kappa shape index (κ2) is 5.29. The van der Waals surface area contributed by atoms with Crippen LogP contribution >= 0.6 is 22.9 Å². The third-order valence-corrected chi connectivity index (χ3v) is 3.38. The molecule has 17 heavy (non-hydrogen) atoms. The van der Waals surface area contributed by atoms with Crippen LogP contribution in [0.1, 0.15) is 18.0 Å². The van der Waals surface area contributed by atoms with Crippen LogP contribution in [0.25, 0.3) is 0 Å². The van der Waals surface area contributed by atoms with Crippen LogP contribution in [-0.4, -0.2) is 22.0 Å². The van der Waals surface area contributed by atoms with E-state index in [1.165, 1.54) is 0 Å². The molecule has 0 aliphatic rings. The van der Waals surface area contributed by atoms with Gasteiger partial charge in [0.15, 0.2) is 5.82 Å². The summed E-state index contributed by atoms with van der Waals surface area (Å²) in [5.74, 6) is 1.14. The normalized spacial score (nSPS) is 12.2. The van der Waals surface area contributed by atoms with Crippen molar-refractivity contribution in [1.29, 1.82) is 0 Å². The van der Waals surface area contributed by atoms with E-state index in [1.807, 2.05) is 12.3 Å². The van der Waals surface area contributed by atoms with Gasteiger partial charge in [-0.05, 0) is 6.92 Å². The Hall–Kier alpha value is -1.40. The van der Waals surface area contributed by atoms with E-state index in [1.54, 1.807) is 30.8 Å². The summed E-state index contributed by atoms with van der Waals surface area (Å²) in [6.07, 6.45) is 3.34. The molecule has 90 valence electrons. The van der Waals surface area contributed by atoms with Gasteiger partial charge in [-0.3, -0.25) is 0 Å². The van der Waals surface area contributed by atoms with Crippen molar-refractivity contribution in [1.82, 2.24) is 15.0 Å². The van der Waals surface area contributed by atoms with Crippen LogP contribution in [0, 0.1) is 0 Å². The number of nitrogens with one attached hydrogen (secondary N) is 2. The highest BCUT2D eigenvalue weighted by atomic mass is 35.5. The van der Waals surface area contributed by atoms with E-state index in [0.29, 0.717) is 16.8 Å². The van der Waals surface area contributed by atoms with Crippen LogP contribution in [0.2, 0.25) is 5.02 Å². The molecule has 2 heterocycles. The van der Waals surface area contributed by atoms with E-state index in [4.69, 9.17) is 11.6 Å². The lowest BCUT2D eigenvalue weighted by atomic mass is 10.3. The summed E-state index contributed by atoms with van der Waals surface area (Å²) < 4.78 is 0. The number of hydrogen-bond donors (Lipinski definition) is 2. The molecule has 0 saturated carbocycles. The maximum absolute atomic E-state index is 6.03. The van der Waals surface area contributed by atoms with E-state index in [2.05, 4.69) is 25.6 Å². The minimum Gasteiger partial charge on any atom is -0.360 e. The zero-order chi connectivity index (χ0) is 12.3. The molecule has 1 atom stereocenters. The van der Waals surface area contributed by atoms with Gasteiger partial charge in [0, 0.05) is 18.6 Å². The smallest absolute Gasteiger partial charge is 0.224 e. The molecule has 0 aliphatic carbocycles. The number of nitrogens with zero attached hydrogens (tertiary/aromatic N) is 3. The van der Waals surface area contributed by atoms with Crippen molar-refractivity contribution in [3.05, 3.63) is 27.8 Å². The predicted molar refractivity (Wildman–Crippen MR) is 70.7 cm³/mol. The third kappa shape index (κ3) is 2.83. The highest BCUT2D eigenvalue weighted by molar-refractivity contribution is 7.09. The number of halogens is 1. The molecule has 0 aliphatic heterocycles. The summed E-state index contributed by atoms with van der Waals surface area (Å²) in [5.41, 5.74) is 0. The van der Waals surface area contributed by atoms with Gasteiger partial charge >= 0.3 is 0 Å². The van der Waals surface area contributed by atoms with Crippen molar-refractivity contribution in [3.63, 3.8) is 0 Å². The minimum atomic E-state index is 0.0621. The Morgan fingerprint density at radius 1 is 1.41 bits per heavy atom. The first-order chi connectivity index (χ1) is 8.20. The van der Waals surface area contributed by atoms with Crippen LogP contribution in [0.4, 0.5) is 11.8 Å². The first-order valence-corrected chi connectivity index (χ1v) is 6.32. The molecule has 0 fully saturated rings. The van der Waals surface area contributed by atoms with Gasteiger partial charge < -0.3 is 10.6 Å². The number of rotatable bonds is 4. The topological polar surface area (TPSA) is 62.7 Å². The molecule has 5 nitrogen and oxygen atoms in total. The second-order valence-corrected chi connectivity index (χ2v) is 4.71. The average molecular weight is 270 g/mol. The molecule has 0 saturated heterocycles. The molecule has 0 bridgehead atoms. The number of aromatic nitrogens is 3. The van der Waals surface area contributed by atoms with E-state index >= 15 is 0 Å². The van der Waals surface area contributed by atoms with Crippen LogP contribution < -0.4 is 10.6 Å². The van der Waals surface area contributed by atoms with Gasteiger partial charge in [-0.2, -0.15) is 4.98 Å². The van der Waals surface area contributed by atoms with E-state index < -0.39 is 0 Å². The molecule has 0 spiro atoms. The van der Waals surface area contributed by atoms with Crippen molar-refractivity contribution >= 4 is 34.7 Å². The Kier molecular flexibility index (Phi) is 3.75. The molecule has 2 rings (SSSR count). The van der Waals surface area contributed by atoms with Crippen molar-refractivity contribution in [2.75, 3.05) is 17.7 Å². The highest BCUT2D eigenvalue weighted by Gasteiger charge is 2.11. The van der Waals surface area contributed by atoms with E-state index in [0.717, 1.165) is 5.01 Å². The monoisotopic (exact) mass is 269 g/mol. The lowest BCUT2D eigenvalue weighted by molar-refractivity contribution is 0.859. The van der Waals surface area contributed by atoms with Gasteiger partial charge in [0.25, 0.3) is 0 Å². The van der Waals surface area contributed by atoms with Crippen LogP contribution in [0.3, 0.4) is 0 Å². The standard InChI is InChI=1S/C10H12ClN5S/c1-6(9-13-3-4-17-9)15-8-7(11)5-14-10(12-2)16-8/h3-6H,1-2H3,(H2,12,14,15,16). The molecule has 0 radical (unpaired) electrons. The van der Waals surface area contributed by atoms with Gasteiger partial charge in [-0.15, -0.1) is 11.3 Å². The van der Waals surface area contributed by atoms with Crippen LogP contribution in [0.15, 0.2) is 17.8 Å². The summed E-state index contributed by atoms with van der Waals surface area (Å²) in [5, 5.41) is 9.50. The summed E-state index contributed by atoms with van der Waals surface area (Å²) >= 11 is 7.62. The lowest BCUT2D eigenvalue weighted by Gasteiger charge is -2.13. The first-order valence-electron chi connectivity index (χ1n) is 5.07. The maximum Gasteiger partial charge on any atom is 0.224 e. The molecular weight excluding hydrogens is 258 g/mol. The Balaban J connectivity index is 2.18. The summed E-state index contributed by atoms with van der Waals surface area (Å²) in [7, 11) is 1.76. The third-order valence-electron chi connectivity index (χ3n) is 2.14. The molecule has 2 aromatic rings. The van der Waals surface area contributed by atoms with Gasteiger partial charge in [-0.25, -0.2) is 9.97 Å². The SMILES string of the molecule is CNc1ncc(Cl)c(NC(C)c2nccs2)n1. The quantitative estimate of drug-likeness (QED) is 0.894. The van der Waals surface area contributed by atoms with Crippen LogP contribution in [0.5, 0.6) is 0 Å². The molecule has 2 aromatic heterocycles. The summed E-state index contributed by atoms with van der Waals surface area (Å²) in [4.78, 5) is 12.5. The fraction of sp³-hybridized carbons (Fsp3) is 0.300. The number of anilines is 2. The lowest BCUT2D eigenvalue weighted by Crippen LogP contribution is -2.09.